The number of aromatic nitrogens is 1. The van der Waals surface area contributed by atoms with Crippen molar-refractivity contribution in [1.29, 1.82) is 0 Å². The van der Waals surface area contributed by atoms with E-state index in [1.807, 2.05) is 0 Å². The minimum Gasteiger partial charge on any atom is -0.284 e. The van der Waals surface area contributed by atoms with E-state index in [-0.39, 0.29) is 5.69 Å². The third kappa shape index (κ3) is 2.16. The predicted octanol–water partition coefficient (Wildman–Crippen LogP) is 3.21. The summed E-state index contributed by atoms with van der Waals surface area (Å²) >= 11 is 0. The van der Waals surface area contributed by atoms with E-state index in [2.05, 4.69) is 0 Å². The maximum Gasteiger partial charge on any atom is 0.422 e. The number of pyridine rings is 1. The van der Waals surface area contributed by atoms with Crippen molar-refractivity contribution in [3.63, 3.8) is 0 Å². The van der Waals surface area contributed by atoms with Crippen LogP contribution >= 0.6 is 0 Å². The molecule has 1 aromatic carbocycles. The number of nitrogens with zero attached hydrogens (tertiary/aromatic N) is 1. The minimum absolute atomic E-state index is 0.247. The van der Waals surface area contributed by atoms with Gasteiger partial charge in [-0.05, 0) is 18.2 Å². The SMILES string of the molecule is Cc1ccc(C(F)(F)F)c(-c2ccccc2)[n+]1O. The van der Waals surface area contributed by atoms with Crippen molar-refractivity contribution in [3.8, 4) is 11.3 Å². The molecule has 0 amide bonds. The second-order valence-electron chi connectivity index (χ2n) is 3.91. The van der Waals surface area contributed by atoms with E-state index in [1.165, 1.54) is 25.1 Å². The van der Waals surface area contributed by atoms with Gasteiger partial charge in [-0.3, -0.25) is 5.21 Å². The average molecular weight is 254 g/mol. The highest BCUT2D eigenvalue weighted by Crippen LogP contribution is 2.35. The van der Waals surface area contributed by atoms with E-state index < -0.39 is 11.7 Å². The van der Waals surface area contributed by atoms with E-state index in [4.69, 9.17) is 0 Å². The molecule has 1 heterocycles. The molecular weight excluding hydrogens is 243 g/mol. The van der Waals surface area contributed by atoms with Crippen molar-refractivity contribution in [2.45, 2.75) is 13.1 Å². The lowest BCUT2D eigenvalue weighted by Crippen LogP contribution is -2.38. The molecular formula is C13H11F3NO+. The fourth-order valence-electron chi connectivity index (χ4n) is 1.75. The molecule has 0 fully saturated rings. The molecule has 0 spiro atoms. The molecule has 1 N–H and O–H groups in total. The zero-order valence-electron chi connectivity index (χ0n) is 9.57. The highest BCUT2D eigenvalue weighted by molar-refractivity contribution is 5.60. The summed E-state index contributed by atoms with van der Waals surface area (Å²) in [5, 5.41) is 9.81. The molecule has 0 saturated carbocycles. The number of aryl methyl sites for hydroxylation is 1. The Labute approximate surface area is 102 Å². The van der Waals surface area contributed by atoms with Crippen LogP contribution in [0.5, 0.6) is 0 Å². The molecule has 0 unspecified atom stereocenters. The number of alkyl halides is 3. The average Bonchev–Trinajstić information content (AvgIpc) is 2.32. The summed E-state index contributed by atoms with van der Waals surface area (Å²) in [5.74, 6) is 0. The Balaban J connectivity index is 2.75. The number of benzene rings is 1. The van der Waals surface area contributed by atoms with Gasteiger partial charge >= 0.3 is 6.18 Å². The third-order valence-electron chi connectivity index (χ3n) is 2.64. The van der Waals surface area contributed by atoms with Gasteiger partial charge in [0.25, 0.3) is 5.69 Å². The molecule has 94 valence electrons. The van der Waals surface area contributed by atoms with Crippen molar-refractivity contribution < 1.29 is 23.1 Å². The normalized spacial score (nSPS) is 11.6. The quantitative estimate of drug-likeness (QED) is 0.613. The lowest BCUT2D eigenvalue weighted by molar-refractivity contribution is -0.900. The molecule has 0 bridgehead atoms. The monoisotopic (exact) mass is 254 g/mol. The summed E-state index contributed by atoms with van der Waals surface area (Å²) in [5.41, 5.74) is -0.456. The summed E-state index contributed by atoms with van der Waals surface area (Å²) in [4.78, 5) is 0. The Morgan fingerprint density at radius 1 is 1.00 bits per heavy atom. The van der Waals surface area contributed by atoms with Gasteiger partial charge in [0.15, 0.2) is 0 Å². The minimum atomic E-state index is -4.51. The first-order valence-corrected chi connectivity index (χ1v) is 5.29. The molecule has 0 aliphatic carbocycles. The zero-order valence-corrected chi connectivity index (χ0v) is 9.57. The van der Waals surface area contributed by atoms with E-state index in [1.54, 1.807) is 18.2 Å². The Bertz CT molecular complexity index is 564. The lowest BCUT2D eigenvalue weighted by Gasteiger charge is -2.09. The van der Waals surface area contributed by atoms with Crippen LogP contribution in [-0.2, 0) is 6.18 Å². The van der Waals surface area contributed by atoms with Crippen LogP contribution in [0.15, 0.2) is 42.5 Å². The van der Waals surface area contributed by atoms with Crippen molar-refractivity contribution >= 4 is 0 Å². The van der Waals surface area contributed by atoms with Crippen molar-refractivity contribution in [2.24, 2.45) is 0 Å². The van der Waals surface area contributed by atoms with Crippen LogP contribution < -0.4 is 4.73 Å². The number of hydrogen-bond donors (Lipinski definition) is 1. The second kappa shape index (κ2) is 4.33. The lowest BCUT2D eigenvalue weighted by atomic mass is 10.0. The third-order valence-corrected chi connectivity index (χ3v) is 2.64. The smallest absolute Gasteiger partial charge is 0.284 e. The second-order valence-corrected chi connectivity index (χ2v) is 3.91. The van der Waals surface area contributed by atoms with Crippen molar-refractivity contribution in [1.82, 2.24) is 0 Å². The molecule has 0 radical (unpaired) electrons. The maximum absolute atomic E-state index is 12.9. The fourth-order valence-corrected chi connectivity index (χ4v) is 1.75. The Morgan fingerprint density at radius 2 is 1.61 bits per heavy atom. The van der Waals surface area contributed by atoms with Crippen LogP contribution in [0, 0.1) is 6.92 Å². The molecule has 0 saturated heterocycles. The van der Waals surface area contributed by atoms with Crippen LogP contribution in [0.25, 0.3) is 11.3 Å². The molecule has 5 heteroatoms. The first kappa shape index (κ1) is 12.4. The maximum atomic E-state index is 12.9. The van der Waals surface area contributed by atoms with Crippen LogP contribution in [-0.4, -0.2) is 5.21 Å². The summed E-state index contributed by atoms with van der Waals surface area (Å²) in [7, 11) is 0. The summed E-state index contributed by atoms with van der Waals surface area (Å²) in [6.45, 7) is 1.53. The van der Waals surface area contributed by atoms with Gasteiger partial charge in [0.1, 0.15) is 5.56 Å². The van der Waals surface area contributed by atoms with Gasteiger partial charge in [0.2, 0.25) is 5.69 Å². The molecule has 2 rings (SSSR count). The van der Waals surface area contributed by atoms with Crippen LogP contribution in [0.1, 0.15) is 11.3 Å². The van der Waals surface area contributed by atoms with Crippen LogP contribution in [0.3, 0.4) is 0 Å². The van der Waals surface area contributed by atoms with Crippen LogP contribution in [0.2, 0.25) is 0 Å². The molecule has 2 nitrogen and oxygen atoms in total. The topological polar surface area (TPSA) is 24.1 Å². The Hall–Kier alpha value is -2.04. The largest absolute Gasteiger partial charge is 0.422 e. The van der Waals surface area contributed by atoms with Gasteiger partial charge in [-0.25, -0.2) is 0 Å². The van der Waals surface area contributed by atoms with Gasteiger partial charge < -0.3 is 0 Å². The van der Waals surface area contributed by atoms with E-state index in [0.717, 1.165) is 6.07 Å². The Kier molecular flexibility index (Phi) is 2.98. The van der Waals surface area contributed by atoms with Crippen molar-refractivity contribution in [2.75, 3.05) is 0 Å². The molecule has 18 heavy (non-hydrogen) atoms. The number of halogens is 3. The summed E-state index contributed by atoms with van der Waals surface area (Å²) < 4.78 is 39.3. The molecule has 0 atom stereocenters. The van der Waals surface area contributed by atoms with E-state index in [0.29, 0.717) is 16.0 Å². The zero-order chi connectivity index (χ0) is 13.3. The van der Waals surface area contributed by atoms with Gasteiger partial charge in [-0.2, -0.15) is 13.2 Å². The molecule has 2 aromatic rings. The highest BCUT2D eigenvalue weighted by atomic mass is 19.4. The summed E-state index contributed by atoms with van der Waals surface area (Å²) in [6.07, 6.45) is -4.51. The standard InChI is InChI=1S/C13H11F3NO/c1-9-7-8-11(13(14,15)16)12(17(9)18)10-5-3-2-4-6-10/h2-8,18H,1H3/q+1. The van der Waals surface area contributed by atoms with Gasteiger partial charge in [0, 0.05) is 17.7 Å². The first-order chi connectivity index (χ1) is 8.41. The first-order valence-electron chi connectivity index (χ1n) is 5.29. The number of rotatable bonds is 1. The highest BCUT2D eigenvalue weighted by Gasteiger charge is 2.39. The van der Waals surface area contributed by atoms with E-state index >= 15 is 0 Å². The molecule has 0 aliphatic heterocycles. The van der Waals surface area contributed by atoms with Crippen LogP contribution in [0.4, 0.5) is 13.2 Å². The van der Waals surface area contributed by atoms with Crippen molar-refractivity contribution in [3.05, 3.63) is 53.7 Å². The fraction of sp³-hybridized carbons (Fsp3) is 0.154. The summed E-state index contributed by atoms with van der Waals surface area (Å²) in [6, 6.07) is 10.2. The van der Waals surface area contributed by atoms with Gasteiger partial charge in [0.05, 0.1) is 5.56 Å². The predicted molar refractivity (Wildman–Crippen MR) is 59.0 cm³/mol. The van der Waals surface area contributed by atoms with Gasteiger partial charge in [-0.15, -0.1) is 0 Å². The Morgan fingerprint density at radius 3 is 2.17 bits per heavy atom. The molecule has 0 aliphatic rings. The number of hydrogen-bond acceptors (Lipinski definition) is 1. The van der Waals surface area contributed by atoms with E-state index in [9.17, 15) is 18.4 Å². The molecule has 1 aromatic heterocycles. The van der Waals surface area contributed by atoms with Gasteiger partial charge in [-0.1, -0.05) is 18.2 Å².